The molecule has 2 heterocycles. The lowest BCUT2D eigenvalue weighted by Crippen LogP contribution is -2.32. The Bertz CT molecular complexity index is 396. The van der Waals surface area contributed by atoms with E-state index in [0.29, 0.717) is 12.4 Å². The zero-order chi connectivity index (χ0) is 13.2. The number of hydrogen-bond acceptors (Lipinski definition) is 5. The van der Waals surface area contributed by atoms with Gasteiger partial charge >= 0.3 is 6.36 Å². The summed E-state index contributed by atoms with van der Waals surface area (Å²) < 4.78 is 39.4. The second kappa shape index (κ2) is 4.97. The molecule has 100 valence electrons. The average Bonchev–Trinajstić information content (AvgIpc) is 2.76. The molecular weight excluding hydrogens is 251 g/mol. The minimum absolute atomic E-state index is 0.0114. The molecule has 1 unspecified atom stereocenters. The zero-order valence-electron chi connectivity index (χ0n) is 9.39. The fourth-order valence-electron chi connectivity index (χ4n) is 1.96. The molecule has 1 saturated heterocycles. The van der Waals surface area contributed by atoms with Gasteiger partial charge in [-0.3, -0.25) is 0 Å². The molecule has 0 bridgehead atoms. The molecule has 1 aromatic heterocycles. The maximum Gasteiger partial charge on any atom is 0.574 e. The highest BCUT2D eigenvalue weighted by atomic mass is 19.4. The summed E-state index contributed by atoms with van der Waals surface area (Å²) in [6.07, 6.45) is -0.880. The monoisotopic (exact) mass is 263 g/mol. The molecular formula is C10H12F3N3O2. The fraction of sp³-hybridized carbons (Fsp3) is 0.600. The van der Waals surface area contributed by atoms with Gasteiger partial charge in [-0.15, -0.1) is 13.2 Å². The number of aliphatic hydroxyl groups excluding tert-OH is 1. The van der Waals surface area contributed by atoms with Crippen LogP contribution in [-0.2, 0) is 0 Å². The minimum Gasteiger partial charge on any atom is -0.394 e. The third kappa shape index (κ3) is 3.00. The molecule has 1 aliphatic rings. The van der Waals surface area contributed by atoms with Crippen molar-refractivity contribution in [1.82, 2.24) is 9.97 Å². The van der Waals surface area contributed by atoms with Crippen LogP contribution in [0.3, 0.4) is 0 Å². The van der Waals surface area contributed by atoms with E-state index in [-0.39, 0.29) is 12.6 Å². The van der Waals surface area contributed by atoms with Crippen molar-refractivity contribution in [2.24, 2.45) is 0 Å². The summed E-state index contributed by atoms with van der Waals surface area (Å²) in [6, 6.07) is -0.0475. The summed E-state index contributed by atoms with van der Waals surface area (Å²) in [7, 11) is 0. The Hall–Kier alpha value is -1.57. The van der Waals surface area contributed by atoms with Crippen LogP contribution in [0.4, 0.5) is 19.0 Å². The van der Waals surface area contributed by atoms with Gasteiger partial charge in [0.1, 0.15) is 5.82 Å². The highest BCUT2D eigenvalue weighted by Gasteiger charge is 2.32. The van der Waals surface area contributed by atoms with Crippen molar-refractivity contribution in [2.75, 3.05) is 18.1 Å². The molecule has 2 rings (SSSR count). The fourth-order valence-corrected chi connectivity index (χ4v) is 1.96. The second-order valence-corrected chi connectivity index (χ2v) is 3.93. The van der Waals surface area contributed by atoms with Crippen LogP contribution in [0.2, 0.25) is 0 Å². The molecule has 1 fully saturated rings. The summed E-state index contributed by atoms with van der Waals surface area (Å²) in [5, 5.41) is 9.14. The first-order chi connectivity index (χ1) is 8.49. The smallest absolute Gasteiger partial charge is 0.394 e. The van der Waals surface area contributed by atoms with Gasteiger partial charge < -0.3 is 14.7 Å². The molecule has 0 radical (unpaired) electrons. The average molecular weight is 263 g/mol. The number of ether oxygens (including phenoxy) is 1. The van der Waals surface area contributed by atoms with E-state index in [4.69, 9.17) is 5.11 Å². The molecule has 0 saturated carbocycles. The normalized spacial score (nSPS) is 20.2. The molecule has 1 atom stereocenters. The van der Waals surface area contributed by atoms with E-state index in [1.165, 1.54) is 6.20 Å². The summed E-state index contributed by atoms with van der Waals surface area (Å²) in [6.45, 7) is 0.696. The molecule has 8 heteroatoms. The number of anilines is 1. The van der Waals surface area contributed by atoms with Gasteiger partial charge in [-0.2, -0.15) is 0 Å². The largest absolute Gasteiger partial charge is 0.574 e. The van der Waals surface area contributed by atoms with E-state index in [2.05, 4.69) is 14.7 Å². The topological polar surface area (TPSA) is 58.5 Å². The van der Waals surface area contributed by atoms with Crippen LogP contribution in [0.15, 0.2) is 12.4 Å². The lowest BCUT2D eigenvalue weighted by Gasteiger charge is -2.23. The summed E-state index contributed by atoms with van der Waals surface area (Å²) in [5.74, 6) is -0.146. The number of aromatic nitrogens is 2. The predicted octanol–water partition coefficient (Wildman–Crippen LogP) is 1.34. The SMILES string of the molecule is OCC1CCCN1c1cnc(OC(F)(F)F)cn1. The van der Waals surface area contributed by atoms with Crippen molar-refractivity contribution >= 4 is 5.82 Å². The van der Waals surface area contributed by atoms with E-state index in [1.807, 2.05) is 4.90 Å². The summed E-state index contributed by atoms with van der Waals surface area (Å²) >= 11 is 0. The maximum absolute atomic E-state index is 11.9. The Labute approximate surface area is 101 Å². The predicted molar refractivity (Wildman–Crippen MR) is 56.2 cm³/mol. The Morgan fingerprint density at radius 3 is 2.72 bits per heavy atom. The van der Waals surface area contributed by atoms with Gasteiger partial charge in [0.2, 0.25) is 5.88 Å². The van der Waals surface area contributed by atoms with Crippen LogP contribution in [0.1, 0.15) is 12.8 Å². The minimum atomic E-state index is -4.77. The van der Waals surface area contributed by atoms with Crippen molar-refractivity contribution in [2.45, 2.75) is 25.2 Å². The molecule has 0 amide bonds. The van der Waals surface area contributed by atoms with Gasteiger partial charge in [0.15, 0.2) is 0 Å². The second-order valence-electron chi connectivity index (χ2n) is 3.93. The first-order valence-corrected chi connectivity index (χ1v) is 5.45. The number of nitrogens with zero attached hydrogens (tertiary/aromatic N) is 3. The van der Waals surface area contributed by atoms with Crippen LogP contribution in [-0.4, -0.2) is 40.6 Å². The standard InChI is InChI=1S/C10H12F3N3O2/c11-10(12,13)18-9-5-14-8(4-15-9)16-3-1-2-7(16)6-17/h4-5,7,17H,1-3,6H2. The van der Waals surface area contributed by atoms with Crippen LogP contribution < -0.4 is 9.64 Å². The van der Waals surface area contributed by atoms with Crippen molar-refractivity contribution in [3.05, 3.63) is 12.4 Å². The highest BCUT2D eigenvalue weighted by molar-refractivity contribution is 5.39. The summed E-state index contributed by atoms with van der Waals surface area (Å²) in [4.78, 5) is 9.24. The summed E-state index contributed by atoms with van der Waals surface area (Å²) in [5.41, 5.74) is 0. The van der Waals surface area contributed by atoms with Gasteiger partial charge in [0.25, 0.3) is 0 Å². The quantitative estimate of drug-likeness (QED) is 0.891. The highest BCUT2D eigenvalue weighted by Crippen LogP contribution is 2.25. The number of rotatable bonds is 3. The van der Waals surface area contributed by atoms with E-state index >= 15 is 0 Å². The van der Waals surface area contributed by atoms with Gasteiger partial charge in [-0.1, -0.05) is 0 Å². The molecule has 18 heavy (non-hydrogen) atoms. The molecule has 1 aliphatic heterocycles. The van der Waals surface area contributed by atoms with Gasteiger partial charge in [0, 0.05) is 6.54 Å². The Morgan fingerprint density at radius 2 is 2.17 bits per heavy atom. The third-order valence-electron chi connectivity index (χ3n) is 2.72. The first kappa shape index (κ1) is 12.9. The van der Waals surface area contributed by atoms with Crippen LogP contribution in [0, 0.1) is 0 Å². The Balaban J connectivity index is 2.08. The molecule has 1 aromatic rings. The first-order valence-electron chi connectivity index (χ1n) is 5.45. The van der Waals surface area contributed by atoms with Crippen LogP contribution >= 0.6 is 0 Å². The number of halogens is 3. The maximum atomic E-state index is 11.9. The van der Waals surface area contributed by atoms with Crippen molar-refractivity contribution in [3.63, 3.8) is 0 Å². The van der Waals surface area contributed by atoms with E-state index in [1.54, 1.807) is 0 Å². The molecule has 0 aliphatic carbocycles. The molecule has 1 N–H and O–H groups in total. The van der Waals surface area contributed by atoms with Crippen LogP contribution in [0.25, 0.3) is 0 Å². The number of alkyl halides is 3. The number of hydrogen-bond donors (Lipinski definition) is 1. The Kier molecular flexibility index (Phi) is 3.55. The third-order valence-corrected chi connectivity index (χ3v) is 2.72. The lowest BCUT2D eigenvalue weighted by molar-refractivity contribution is -0.276. The van der Waals surface area contributed by atoms with Crippen molar-refractivity contribution in [3.8, 4) is 5.88 Å². The van der Waals surface area contributed by atoms with Crippen molar-refractivity contribution in [1.29, 1.82) is 0 Å². The van der Waals surface area contributed by atoms with Crippen molar-refractivity contribution < 1.29 is 23.0 Å². The zero-order valence-corrected chi connectivity index (χ0v) is 9.39. The van der Waals surface area contributed by atoms with E-state index in [9.17, 15) is 13.2 Å². The van der Waals surface area contributed by atoms with Gasteiger partial charge in [-0.25, -0.2) is 9.97 Å². The number of aliphatic hydroxyl groups is 1. The van der Waals surface area contributed by atoms with Gasteiger partial charge in [-0.05, 0) is 12.8 Å². The van der Waals surface area contributed by atoms with E-state index < -0.39 is 12.2 Å². The van der Waals surface area contributed by atoms with E-state index in [0.717, 1.165) is 19.0 Å². The molecule has 0 aromatic carbocycles. The molecule has 5 nitrogen and oxygen atoms in total. The Morgan fingerprint density at radius 1 is 1.39 bits per heavy atom. The van der Waals surface area contributed by atoms with Crippen LogP contribution in [0.5, 0.6) is 5.88 Å². The molecule has 0 spiro atoms. The van der Waals surface area contributed by atoms with Gasteiger partial charge in [0.05, 0.1) is 25.0 Å². The lowest BCUT2D eigenvalue weighted by atomic mass is 10.2.